The van der Waals surface area contributed by atoms with Crippen molar-refractivity contribution < 1.29 is 9.90 Å². The van der Waals surface area contributed by atoms with Gasteiger partial charge < -0.3 is 5.11 Å². The van der Waals surface area contributed by atoms with Crippen LogP contribution in [0.4, 0.5) is 0 Å². The maximum Gasteiger partial charge on any atom is 0.354 e. The number of hydrogen-bond acceptors (Lipinski definition) is 2. The Bertz CT molecular complexity index is 838. The van der Waals surface area contributed by atoms with Crippen molar-refractivity contribution >= 4 is 21.9 Å². The normalized spacial score (nSPS) is 10.6. The minimum Gasteiger partial charge on any atom is -0.477 e. The van der Waals surface area contributed by atoms with Crippen molar-refractivity contribution in [3.63, 3.8) is 0 Å². The molecule has 0 unspecified atom stereocenters. The number of rotatable bonds is 3. The van der Waals surface area contributed by atoms with Crippen LogP contribution in [0.3, 0.4) is 0 Å². The summed E-state index contributed by atoms with van der Waals surface area (Å²) < 4.78 is 2.43. The number of benzene rings is 2. The molecule has 0 aliphatic carbocycles. The highest BCUT2D eigenvalue weighted by Crippen LogP contribution is 2.23. The highest BCUT2D eigenvalue weighted by atomic mass is 79.9. The van der Waals surface area contributed by atoms with Crippen LogP contribution < -0.4 is 0 Å². The fourth-order valence-corrected chi connectivity index (χ4v) is 2.52. The molecular formula is C17H13BrN2O2. The van der Waals surface area contributed by atoms with Crippen LogP contribution in [0.1, 0.15) is 16.1 Å². The molecule has 110 valence electrons. The molecule has 0 saturated carbocycles. The zero-order valence-electron chi connectivity index (χ0n) is 11.8. The number of halogens is 1. The fraction of sp³-hybridized carbons (Fsp3) is 0.0588. The van der Waals surface area contributed by atoms with Crippen LogP contribution in [-0.2, 0) is 0 Å². The summed E-state index contributed by atoms with van der Waals surface area (Å²) in [5.74, 6) is -1.00. The van der Waals surface area contributed by atoms with E-state index in [4.69, 9.17) is 0 Å². The van der Waals surface area contributed by atoms with Gasteiger partial charge in [0.05, 0.1) is 11.4 Å². The monoisotopic (exact) mass is 356 g/mol. The van der Waals surface area contributed by atoms with Crippen LogP contribution in [0.2, 0.25) is 0 Å². The van der Waals surface area contributed by atoms with E-state index in [0.29, 0.717) is 5.69 Å². The van der Waals surface area contributed by atoms with Crippen molar-refractivity contribution in [2.75, 3.05) is 0 Å². The summed E-state index contributed by atoms with van der Waals surface area (Å²) in [6, 6.07) is 16.8. The van der Waals surface area contributed by atoms with Crippen molar-refractivity contribution in [3.05, 3.63) is 70.3 Å². The molecule has 0 fully saturated rings. The van der Waals surface area contributed by atoms with Crippen molar-refractivity contribution in [2.24, 2.45) is 0 Å². The van der Waals surface area contributed by atoms with Gasteiger partial charge in [-0.2, -0.15) is 5.10 Å². The molecule has 0 radical (unpaired) electrons. The Morgan fingerprint density at radius 1 is 1.14 bits per heavy atom. The Morgan fingerprint density at radius 3 is 2.50 bits per heavy atom. The number of carboxylic acids is 1. The number of carboxylic acid groups (broad SMARTS) is 1. The molecule has 2 aromatic carbocycles. The summed E-state index contributed by atoms with van der Waals surface area (Å²) >= 11 is 3.39. The van der Waals surface area contributed by atoms with Gasteiger partial charge in [0.15, 0.2) is 5.69 Å². The summed E-state index contributed by atoms with van der Waals surface area (Å²) in [4.78, 5) is 11.5. The Kier molecular flexibility index (Phi) is 3.81. The average Bonchev–Trinajstić information content (AvgIpc) is 2.93. The lowest BCUT2D eigenvalue weighted by molar-refractivity contribution is 0.0687. The second-order valence-electron chi connectivity index (χ2n) is 4.98. The molecule has 0 aliphatic heterocycles. The van der Waals surface area contributed by atoms with E-state index in [1.165, 1.54) is 4.68 Å². The first-order chi connectivity index (χ1) is 10.5. The molecule has 0 saturated heterocycles. The predicted molar refractivity (Wildman–Crippen MR) is 88.4 cm³/mol. The maximum absolute atomic E-state index is 11.5. The molecule has 5 heteroatoms. The first-order valence-corrected chi connectivity index (χ1v) is 7.50. The lowest BCUT2D eigenvalue weighted by Gasteiger charge is -2.05. The minimum atomic E-state index is -1.00. The summed E-state index contributed by atoms with van der Waals surface area (Å²) in [5, 5.41) is 13.9. The van der Waals surface area contributed by atoms with Gasteiger partial charge in [0, 0.05) is 10.0 Å². The highest BCUT2D eigenvalue weighted by Gasteiger charge is 2.16. The molecule has 0 atom stereocenters. The highest BCUT2D eigenvalue weighted by molar-refractivity contribution is 9.10. The van der Waals surface area contributed by atoms with Gasteiger partial charge in [-0.15, -0.1) is 0 Å². The molecule has 1 N–H and O–H groups in total. The third kappa shape index (κ3) is 2.80. The topological polar surface area (TPSA) is 55.1 Å². The average molecular weight is 357 g/mol. The summed E-state index contributed by atoms with van der Waals surface area (Å²) in [5.41, 5.74) is 3.43. The van der Waals surface area contributed by atoms with E-state index in [2.05, 4.69) is 21.0 Å². The van der Waals surface area contributed by atoms with Gasteiger partial charge in [0.25, 0.3) is 0 Å². The van der Waals surface area contributed by atoms with E-state index >= 15 is 0 Å². The molecule has 0 amide bonds. The van der Waals surface area contributed by atoms with Crippen LogP contribution in [0.15, 0.2) is 59.1 Å². The van der Waals surface area contributed by atoms with Crippen LogP contribution in [0.5, 0.6) is 0 Å². The number of carbonyl (C=O) groups is 1. The molecule has 22 heavy (non-hydrogen) atoms. The van der Waals surface area contributed by atoms with Gasteiger partial charge in [-0.05, 0) is 42.8 Å². The number of hydrogen-bond donors (Lipinski definition) is 1. The standard InChI is InChI=1S/C17H13BrN2O2/c1-11-3-2-4-14(9-11)20-16(17(21)22)10-15(19-20)12-5-7-13(18)8-6-12/h2-10H,1H3,(H,21,22). The lowest BCUT2D eigenvalue weighted by Crippen LogP contribution is -2.07. The molecule has 4 nitrogen and oxygen atoms in total. The molecule has 0 spiro atoms. The number of nitrogens with zero attached hydrogens (tertiary/aromatic N) is 2. The molecule has 1 aromatic heterocycles. The second kappa shape index (κ2) is 5.77. The zero-order valence-corrected chi connectivity index (χ0v) is 13.4. The summed E-state index contributed by atoms with van der Waals surface area (Å²) in [7, 11) is 0. The van der Waals surface area contributed by atoms with E-state index in [9.17, 15) is 9.90 Å². The van der Waals surface area contributed by atoms with E-state index in [-0.39, 0.29) is 5.69 Å². The van der Waals surface area contributed by atoms with E-state index in [0.717, 1.165) is 21.3 Å². The van der Waals surface area contributed by atoms with Crippen molar-refractivity contribution in [2.45, 2.75) is 6.92 Å². The van der Waals surface area contributed by atoms with Crippen LogP contribution in [-0.4, -0.2) is 20.9 Å². The predicted octanol–water partition coefficient (Wildman–Crippen LogP) is 4.31. The smallest absolute Gasteiger partial charge is 0.354 e. The Balaban J connectivity index is 2.14. The Hall–Kier alpha value is -2.40. The van der Waals surface area contributed by atoms with Crippen LogP contribution in [0, 0.1) is 6.92 Å². The molecule has 0 bridgehead atoms. The van der Waals surface area contributed by atoms with Gasteiger partial charge >= 0.3 is 5.97 Å². The molecule has 0 aliphatic rings. The van der Waals surface area contributed by atoms with Crippen molar-refractivity contribution in [1.82, 2.24) is 9.78 Å². The number of aromatic nitrogens is 2. The molecule has 1 heterocycles. The van der Waals surface area contributed by atoms with E-state index in [1.807, 2.05) is 55.5 Å². The number of aryl methyl sites for hydroxylation is 1. The Morgan fingerprint density at radius 2 is 1.86 bits per heavy atom. The Labute approximate surface area is 136 Å². The van der Waals surface area contributed by atoms with Crippen molar-refractivity contribution in [1.29, 1.82) is 0 Å². The summed E-state index contributed by atoms with van der Waals surface area (Å²) in [6.07, 6.45) is 0. The third-order valence-electron chi connectivity index (χ3n) is 3.31. The van der Waals surface area contributed by atoms with Gasteiger partial charge in [0.2, 0.25) is 0 Å². The first-order valence-electron chi connectivity index (χ1n) is 6.71. The van der Waals surface area contributed by atoms with Gasteiger partial charge in [-0.3, -0.25) is 0 Å². The lowest BCUT2D eigenvalue weighted by atomic mass is 10.1. The molecular weight excluding hydrogens is 344 g/mol. The van der Waals surface area contributed by atoms with E-state index < -0.39 is 5.97 Å². The third-order valence-corrected chi connectivity index (χ3v) is 3.84. The molecule has 3 aromatic rings. The largest absolute Gasteiger partial charge is 0.477 e. The first kappa shape index (κ1) is 14.5. The van der Waals surface area contributed by atoms with Crippen LogP contribution >= 0.6 is 15.9 Å². The van der Waals surface area contributed by atoms with Gasteiger partial charge in [-0.25, -0.2) is 9.48 Å². The van der Waals surface area contributed by atoms with Crippen LogP contribution in [0.25, 0.3) is 16.9 Å². The van der Waals surface area contributed by atoms with E-state index in [1.54, 1.807) is 6.07 Å². The minimum absolute atomic E-state index is 0.142. The quantitative estimate of drug-likeness (QED) is 0.760. The zero-order chi connectivity index (χ0) is 15.7. The van der Waals surface area contributed by atoms with Crippen molar-refractivity contribution in [3.8, 4) is 16.9 Å². The second-order valence-corrected chi connectivity index (χ2v) is 5.89. The SMILES string of the molecule is Cc1cccc(-n2nc(-c3ccc(Br)cc3)cc2C(=O)O)c1. The summed E-state index contributed by atoms with van der Waals surface area (Å²) in [6.45, 7) is 1.96. The fourth-order valence-electron chi connectivity index (χ4n) is 2.25. The maximum atomic E-state index is 11.5. The molecule has 3 rings (SSSR count). The van der Waals surface area contributed by atoms with Gasteiger partial charge in [-0.1, -0.05) is 40.2 Å². The number of aromatic carboxylic acids is 1. The van der Waals surface area contributed by atoms with Gasteiger partial charge in [0.1, 0.15) is 0 Å².